The number of carbonyl (C=O) groups is 1. The Labute approximate surface area is 97.2 Å². The van der Waals surface area contributed by atoms with Crippen LogP contribution in [0.5, 0.6) is 0 Å². The Hall–Kier alpha value is -1.35. The highest BCUT2D eigenvalue weighted by Crippen LogP contribution is 2.19. The van der Waals surface area contributed by atoms with Crippen LogP contribution in [0.15, 0.2) is 12.1 Å². The minimum atomic E-state index is 0.00760. The minimum Gasteiger partial charge on any atom is -0.325 e. The Kier molecular flexibility index (Phi) is 4.50. The van der Waals surface area contributed by atoms with E-state index in [0.29, 0.717) is 6.54 Å². The van der Waals surface area contributed by atoms with Gasteiger partial charge in [-0.3, -0.25) is 4.79 Å². The van der Waals surface area contributed by atoms with E-state index in [4.69, 9.17) is 0 Å². The van der Waals surface area contributed by atoms with Crippen LogP contribution in [-0.2, 0) is 4.79 Å². The monoisotopic (exact) mass is 220 g/mol. The Morgan fingerprint density at radius 2 is 1.75 bits per heavy atom. The highest BCUT2D eigenvalue weighted by atomic mass is 16.1. The van der Waals surface area contributed by atoms with Gasteiger partial charge in [0.2, 0.25) is 5.91 Å². The largest absolute Gasteiger partial charge is 0.325 e. The van der Waals surface area contributed by atoms with Crippen molar-refractivity contribution in [2.45, 2.75) is 27.7 Å². The Balaban J connectivity index is 2.73. The lowest BCUT2D eigenvalue weighted by molar-refractivity contribution is -0.115. The number of amides is 1. The van der Waals surface area contributed by atoms with Crippen LogP contribution in [0.2, 0.25) is 0 Å². The van der Waals surface area contributed by atoms with Crippen LogP contribution < -0.4 is 10.6 Å². The van der Waals surface area contributed by atoms with Gasteiger partial charge < -0.3 is 10.6 Å². The summed E-state index contributed by atoms with van der Waals surface area (Å²) in [6, 6.07) is 4.12. The van der Waals surface area contributed by atoms with Crippen LogP contribution in [0.25, 0.3) is 0 Å². The molecule has 2 N–H and O–H groups in total. The topological polar surface area (TPSA) is 41.1 Å². The maximum atomic E-state index is 11.5. The predicted octanol–water partition coefficient (Wildman–Crippen LogP) is 2.16. The number of aryl methyl sites for hydroxylation is 3. The molecule has 0 fully saturated rings. The Morgan fingerprint density at radius 1 is 1.12 bits per heavy atom. The van der Waals surface area contributed by atoms with Crippen molar-refractivity contribution in [3.05, 3.63) is 28.8 Å². The van der Waals surface area contributed by atoms with E-state index in [1.165, 1.54) is 11.1 Å². The summed E-state index contributed by atoms with van der Waals surface area (Å²) in [7, 11) is 0. The van der Waals surface area contributed by atoms with Gasteiger partial charge in [-0.1, -0.05) is 13.0 Å². The quantitative estimate of drug-likeness (QED) is 0.816. The van der Waals surface area contributed by atoms with E-state index in [0.717, 1.165) is 17.8 Å². The average molecular weight is 220 g/mol. The number of benzene rings is 1. The summed E-state index contributed by atoms with van der Waals surface area (Å²) in [4.78, 5) is 11.5. The van der Waals surface area contributed by atoms with Crippen molar-refractivity contribution in [3.63, 3.8) is 0 Å². The molecular formula is C13H20N2O. The van der Waals surface area contributed by atoms with Gasteiger partial charge in [0, 0.05) is 5.69 Å². The number of rotatable bonds is 4. The zero-order valence-electron chi connectivity index (χ0n) is 10.5. The number of hydrogen-bond acceptors (Lipinski definition) is 2. The summed E-state index contributed by atoms with van der Waals surface area (Å²) in [5.41, 5.74) is 4.46. The standard InChI is InChI=1S/C13H20N2O/c1-5-14-8-13(16)15-12-7-10(3)9(2)6-11(12)4/h6-7,14H,5,8H2,1-4H3,(H,15,16). The lowest BCUT2D eigenvalue weighted by Gasteiger charge is -2.11. The molecule has 3 heteroatoms. The van der Waals surface area contributed by atoms with Crippen LogP contribution in [0.3, 0.4) is 0 Å². The van der Waals surface area contributed by atoms with Gasteiger partial charge in [-0.05, 0) is 50.1 Å². The van der Waals surface area contributed by atoms with E-state index in [2.05, 4.69) is 30.5 Å². The molecule has 0 aromatic heterocycles. The van der Waals surface area contributed by atoms with Gasteiger partial charge in [0.1, 0.15) is 0 Å². The lowest BCUT2D eigenvalue weighted by Crippen LogP contribution is -2.28. The molecule has 0 aliphatic rings. The second-order valence-corrected chi connectivity index (χ2v) is 4.08. The Morgan fingerprint density at radius 3 is 2.38 bits per heavy atom. The van der Waals surface area contributed by atoms with Gasteiger partial charge in [0.25, 0.3) is 0 Å². The highest BCUT2D eigenvalue weighted by molar-refractivity contribution is 5.93. The molecule has 0 radical (unpaired) electrons. The van der Waals surface area contributed by atoms with Gasteiger partial charge in [0.05, 0.1) is 6.54 Å². The molecule has 0 unspecified atom stereocenters. The number of carbonyl (C=O) groups excluding carboxylic acids is 1. The summed E-state index contributed by atoms with van der Waals surface area (Å²) in [6.07, 6.45) is 0. The molecule has 0 saturated carbocycles. The molecule has 0 atom stereocenters. The van der Waals surface area contributed by atoms with E-state index in [1.54, 1.807) is 0 Å². The maximum absolute atomic E-state index is 11.5. The van der Waals surface area contributed by atoms with Crippen LogP contribution in [0, 0.1) is 20.8 Å². The summed E-state index contributed by atoms with van der Waals surface area (Å²) < 4.78 is 0. The summed E-state index contributed by atoms with van der Waals surface area (Å²) >= 11 is 0. The van der Waals surface area contributed by atoms with Crippen molar-refractivity contribution < 1.29 is 4.79 Å². The molecule has 1 aromatic carbocycles. The number of likely N-dealkylation sites (N-methyl/N-ethyl adjacent to an activating group) is 1. The molecule has 0 aliphatic carbocycles. The second-order valence-electron chi connectivity index (χ2n) is 4.08. The van der Waals surface area contributed by atoms with Gasteiger partial charge >= 0.3 is 0 Å². The van der Waals surface area contributed by atoms with Crippen molar-refractivity contribution in [1.29, 1.82) is 0 Å². The van der Waals surface area contributed by atoms with Gasteiger partial charge in [-0.15, -0.1) is 0 Å². The summed E-state index contributed by atoms with van der Waals surface area (Å²) in [6.45, 7) is 9.29. The van der Waals surface area contributed by atoms with Crippen LogP contribution >= 0.6 is 0 Å². The first kappa shape index (κ1) is 12.7. The molecule has 1 rings (SSSR count). The molecule has 16 heavy (non-hydrogen) atoms. The number of hydrogen-bond donors (Lipinski definition) is 2. The maximum Gasteiger partial charge on any atom is 0.238 e. The zero-order chi connectivity index (χ0) is 12.1. The fourth-order valence-electron chi connectivity index (χ4n) is 1.53. The second kappa shape index (κ2) is 5.66. The van der Waals surface area contributed by atoms with E-state index in [1.807, 2.05) is 19.9 Å². The first-order valence-electron chi connectivity index (χ1n) is 5.63. The molecule has 0 bridgehead atoms. The van der Waals surface area contributed by atoms with Crippen LogP contribution in [-0.4, -0.2) is 19.0 Å². The third-order valence-corrected chi connectivity index (χ3v) is 2.65. The molecule has 0 heterocycles. The van der Waals surface area contributed by atoms with Gasteiger partial charge in [-0.25, -0.2) is 0 Å². The van der Waals surface area contributed by atoms with Crippen molar-refractivity contribution in [1.82, 2.24) is 5.32 Å². The third-order valence-electron chi connectivity index (χ3n) is 2.65. The smallest absolute Gasteiger partial charge is 0.238 e. The highest BCUT2D eigenvalue weighted by Gasteiger charge is 2.05. The molecule has 1 aromatic rings. The van der Waals surface area contributed by atoms with Crippen molar-refractivity contribution >= 4 is 11.6 Å². The first-order chi connectivity index (χ1) is 7.54. The van der Waals surface area contributed by atoms with E-state index in [-0.39, 0.29) is 5.91 Å². The van der Waals surface area contributed by atoms with Crippen molar-refractivity contribution in [2.24, 2.45) is 0 Å². The first-order valence-corrected chi connectivity index (χ1v) is 5.63. The average Bonchev–Trinajstić information content (AvgIpc) is 2.23. The minimum absolute atomic E-state index is 0.00760. The van der Waals surface area contributed by atoms with E-state index < -0.39 is 0 Å². The molecule has 88 valence electrons. The SMILES string of the molecule is CCNCC(=O)Nc1cc(C)c(C)cc1C. The van der Waals surface area contributed by atoms with E-state index in [9.17, 15) is 4.79 Å². The summed E-state index contributed by atoms with van der Waals surface area (Å²) in [5, 5.41) is 5.91. The third kappa shape index (κ3) is 3.35. The zero-order valence-corrected chi connectivity index (χ0v) is 10.5. The van der Waals surface area contributed by atoms with E-state index >= 15 is 0 Å². The number of nitrogens with one attached hydrogen (secondary N) is 2. The fraction of sp³-hybridized carbons (Fsp3) is 0.462. The fourth-order valence-corrected chi connectivity index (χ4v) is 1.53. The lowest BCUT2D eigenvalue weighted by atomic mass is 10.0. The van der Waals surface area contributed by atoms with Crippen LogP contribution in [0.1, 0.15) is 23.6 Å². The normalized spacial score (nSPS) is 10.2. The number of anilines is 1. The van der Waals surface area contributed by atoms with Crippen molar-refractivity contribution in [3.8, 4) is 0 Å². The molecule has 0 aliphatic heterocycles. The predicted molar refractivity (Wildman–Crippen MR) is 67.8 cm³/mol. The molecule has 3 nitrogen and oxygen atoms in total. The van der Waals surface area contributed by atoms with Crippen LogP contribution in [0.4, 0.5) is 5.69 Å². The Bertz CT molecular complexity index is 386. The summed E-state index contributed by atoms with van der Waals surface area (Å²) in [5.74, 6) is 0.00760. The molecule has 1 amide bonds. The van der Waals surface area contributed by atoms with Gasteiger partial charge in [-0.2, -0.15) is 0 Å². The van der Waals surface area contributed by atoms with Crippen molar-refractivity contribution in [2.75, 3.05) is 18.4 Å². The molecular weight excluding hydrogens is 200 g/mol. The van der Waals surface area contributed by atoms with Gasteiger partial charge in [0.15, 0.2) is 0 Å². The molecule has 0 saturated heterocycles. The molecule has 0 spiro atoms.